The molecule has 92 valence electrons. The third-order valence-corrected chi connectivity index (χ3v) is 3.01. The lowest BCUT2D eigenvalue weighted by Crippen LogP contribution is -1.88. The number of hydrogen-bond donors (Lipinski definition) is 0. The van der Waals surface area contributed by atoms with Crippen molar-refractivity contribution in [2.75, 3.05) is 0 Å². The van der Waals surface area contributed by atoms with Crippen molar-refractivity contribution in [1.29, 1.82) is 0 Å². The quantitative estimate of drug-likeness (QED) is 0.481. The van der Waals surface area contributed by atoms with Crippen LogP contribution in [0.15, 0.2) is 48.5 Å². The molecule has 0 aliphatic heterocycles. The monoisotopic (exact) mass is 307 g/mol. The molecule has 0 N–H and O–H groups in total. The first-order valence-corrected chi connectivity index (χ1v) is 6.38. The van der Waals surface area contributed by atoms with Gasteiger partial charge in [-0.05, 0) is 29.8 Å². The van der Waals surface area contributed by atoms with Gasteiger partial charge in [0, 0.05) is 17.5 Å². The average Bonchev–Trinajstić information content (AvgIpc) is 2.40. The maximum atomic E-state index is 10.5. The fraction of sp³-hybridized carbons (Fsp3) is 0.0769. The Morgan fingerprint density at radius 2 is 1.50 bits per heavy atom. The van der Waals surface area contributed by atoms with Crippen LogP contribution in [0.4, 0.5) is 5.69 Å². The second-order valence-electron chi connectivity index (χ2n) is 3.63. The predicted molar refractivity (Wildman–Crippen MR) is 72.2 cm³/mol. The SMILES string of the molecule is O=[N+]([O-])c1ccc(Oc2ccc(CBr)cc2)cc1. The highest BCUT2D eigenvalue weighted by Gasteiger charge is 2.04. The second kappa shape index (κ2) is 5.64. The van der Waals surface area contributed by atoms with Crippen LogP contribution in [0.5, 0.6) is 11.5 Å². The lowest BCUT2D eigenvalue weighted by atomic mass is 10.2. The summed E-state index contributed by atoms with van der Waals surface area (Å²) >= 11 is 3.37. The topological polar surface area (TPSA) is 52.4 Å². The zero-order chi connectivity index (χ0) is 13.0. The van der Waals surface area contributed by atoms with Gasteiger partial charge in [0.05, 0.1) is 4.92 Å². The maximum absolute atomic E-state index is 10.5. The lowest BCUT2D eigenvalue weighted by Gasteiger charge is -2.05. The van der Waals surface area contributed by atoms with Crippen LogP contribution in [-0.4, -0.2) is 4.92 Å². The van der Waals surface area contributed by atoms with Crippen molar-refractivity contribution in [2.24, 2.45) is 0 Å². The van der Waals surface area contributed by atoms with Crippen LogP contribution in [0.1, 0.15) is 5.56 Å². The number of ether oxygens (including phenoxy) is 1. The van der Waals surface area contributed by atoms with Crippen molar-refractivity contribution in [3.63, 3.8) is 0 Å². The molecule has 5 heteroatoms. The van der Waals surface area contributed by atoms with Gasteiger partial charge in [-0.15, -0.1) is 0 Å². The number of benzene rings is 2. The van der Waals surface area contributed by atoms with Gasteiger partial charge in [0.25, 0.3) is 5.69 Å². The molecule has 0 atom stereocenters. The fourth-order valence-corrected chi connectivity index (χ4v) is 1.79. The van der Waals surface area contributed by atoms with E-state index < -0.39 is 4.92 Å². The molecule has 0 fully saturated rings. The Kier molecular flexibility index (Phi) is 3.94. The van der Waals surface area contributed by atoms with E-state index in [9.17, 15) is 10.1 Å². The number of hydrogen-bond acceptors (Lipinski definition) is 3. The number of non-ortho nitro benzene ring substituents is 1. The Labute approximate surface area is 112 Å². The van der Waals surface area contributed by atoms with E-state index in [1.54, 1.807) is 12.1 Å². The van der Waals surface area contributed by atoms with Crippen LogP contribution in [-0.2, 0) is 5.33 Å². The normalized spacial score (nSPS) is 10.1. The summed E-state index contributed by atoms with van der Waals surface area (Å²) in [6.07, 6.45) is 0. The van der Waals surface area contributed by atoms with Gasteiger partial charge >= 0.3 is 0 Å². The number of nitro groups is 1. The molecule has 0 spiro atoms. The largest absolute Gasteiger partial charge is 0.457 e. The third-order valence-electron chi connectivity index (χ3n) is 2.36. The molecular formula is C13H10BrNO3. The van der Waals surface area contributed by atoms with Crippen molar-refractivity contribution < 1.29 is 9.66 Å². The van der Waals surface area contributed by atoms with Crippen molar-refractivity contribution in [3.05, 3.63) is 64.2 Å². The van der Waals surface area contributed by atoms with Crippen molar-refractivity contribution >= 4 is 21.6 Å². The number of nitro benzene ring substituents is 1. The van der Waals surface area contributed by atoms with Gasteiger partial charge in [0.15, 0.2) is 0 Å². The van der Waals surface area contributed by atoms with E-state index in [1.807, 2.05) is 24.3 Å². The molecule has 0 amide bonds. The Bertz CT molecular complexity index is 537. The lowest BCUT2D eigenvalue weighted by molar-refractivity contribution is -0.384. The molecule has 18 heavy (non-hydrogen) atoms. The summed E-state index contributed by atoms with van der Waals surface area (Å²) in [5.41, 5.74) is 1.21. The standard InChI is InChI=1S/C13H10BrNO3/c14-9-10-1-5-12(6-2-10)18-13-7-3-11(4-8-13)15(16)17/h1-8H,9H2. The summed E-state index contributed by atoms with van der Waals surface area (Å²) < 4.78 is 5.57. The zero-order valence-electron chi connectivity index (χ0n) is 9.38. The van der Waals surface area contributed by atoms with E-state index >= 15 is 0 Å². The zero-order valence-corrected chi connectivity index (χ0v) is 11.0. The molecule has 0 saturated heterocycles. The summed E-state index contributed by atoms with van der Waals surface area (Å²) in [7, 11) is 0. The van der Waals surface area contributed by atoms with E-state index in [-0.39, 0.29) is 5.69 Å². The van der Waals surface area contributed by atoms with Crippen LogP contribution in [0.3, 0.4) is 0 Å². The van der Waals surface area contributed by atoms with Crippen LogP contribution in [0, 0.1) is 10.1 Å². The van der Waals surface area contributed by atoms with Crippen LogP contribution in [0.25, 0.3) is 0 Å². The summed E-state index contributed by atoms with van der Waals surface area (Å²) in [4.78, 5) is 10.1. The van der Waals surface area contributed by atoms with Gasteiger partial charge in [-0.2, -0.15) is 0 Å². The van der Waals surface area contributed by atoms with E-state index in [4.69, 9.17) is 4.74 Å². The van der Waals surface area contributed by atoms with Crippen molar-refractivity contribution in [3.8, 4) is 11.5 Å². The molecule has 0 bridgehead atoms. The van der Waals surface area contributed by atoms with E-state index in [0.29, 0.717) is 11.5 Å². The molecule has 2 aromatic rings. The van der Waals surface area contributed by atoms with Crippen molar-refractivity contribution in [1.82, 2.24) is 0 Å². The van der Waals surface area contributed by atoms with Gasteiger partial charge in [-0.25, -0.2) is 0 Å². The first kappa shape index (κ1) is 12.6. The second-order valence-corrected chi connectivity index (χ2v) is 4.19. The smallest absolute Gasteiger partial charge is 0.269 e. The number of halogens is 1. The first-order chi connectivity index (χ1) is 8.69. The molecule has 0 unspecified atom stereocenters. The van der Waals surface area contributed by atoms with Gasteiger partial charge in [-0.1, -0.05) is 28.1 Å². The molecule has 0 saturated carbocycles. The highest BCUT2D eigenvalue weighted by atomic mass is 79.9. The van der Waals surface area contributed by atoms with Gasteiger partial charge in [-0.3, -0.25) is 10.1 Å². The Hall–Kier alpha value is -1.88. The van der Waals surface area contributed by atoms with Gasteiger partial charge in [0.1, 0.15) is 11.5 Å². The molecular weight excluding hydrogens is 298 g/mol. The van der Waals surface area contributed by atoms with Gasteiger partial charge in [0.2, 0.25) is 0 Å². The minimum atomic E-state index is -0.436. The molecule has 0 radical (unpaired) electrons. The van der Waals surface area contributed by atoms with E-state index in [0.717, 1.165) is 10.9 Å². The van der Waals surface area contributed by atoms with E-state index in [1.165, 1.54) is 12.1 Å². The molecule has 4 nitrogen and oxygen atoms in total. The van der Waals surface area contributed by atoms with Crippen molar-refractivity contribution in [2.45, 2.75) is 5.33 Å². The van der Waals surface area contributed by atoms with Crippen LogP contribution in [0.2, 0.25) is 0 Å². The average molecular weight is 308 g/mol. The number of alkyl halides is 1. The summed E-state index contributed by atoms with van der Waals surface area (Å²) in [6, 6.07) is 13.6. The summed E-state index contributed by atoms with van der Waals surface area (Å²) in [6.45, 7) is 0. The molecule has 2 aromatic carbocycles. The Balaban J connectivity index is 2.10. The summed E-state index contributed by atoms with van der Waals surface area (Å²) in [5.74, 6) is 1.28. The summed E-state index contributed by atoms with van der Waals surface area (Å²) in [5, 5.41) is 11.3. The number of nitrogens with zero attached hydrogens (tertiary/aromatic N) is 1. The minimum Gasteiger partial charge on any atom is -0.457 e. The van der Waals surface area contributed by atoms with E-state index in [2.05, 4.69) is 15.9 Å². The number of rotatable bonds is 4. The first-order valence-electron chi connectivity index (χ1n) is 5.26. The fourth-order valence-electron chi connectivity index (χ4n) is 1.42. The minimum absolute atomic E-state index is 0.0528. The third kappa shape index (κ3) is 3.07. The Morgan fingerprint density at radius 1 is 1.00 bits per heavy atom. The molecule has 0 heterocycles. The molecule has 0 aromatic heterocycles. The molecule has 0 aliphatic carbocycles. The molecule has 2 rings (SSSR count). The molecule has 0 aliphatic rings. The highest BCUT2D eigenvalue weighted by Crippen LogP contribution is 2.24. The predicted octanol–water partition coefficient (Wildman–Crippen LogP) is 4.28. The van der Waals surface area contributed by atoms with Gasteiger partial charge < -0.3 is 4.74 Å². The maximum Gasteiger partial charge on any atom is 0.269 e. The van der Waals surface area contributed by atoms with Crippen LogP contribution >= 0.6 is 15.9 Å². The highest BCUT2D eigenvalue weighted by molar-refractivity contribution is 9.08. The Morgan fingerprint density at radius 3 is 1.94 bits per heavy atom. The van der Waals surface area contributed by atoms with Crippen LogP contribution < -0.4 is 4.74 Å².